The van der Waals surface area contributed by atoms with Crippen LogP contribution in [0.3, 0.4) is 0 Å². The van der Waals surface area contributed by atoms with Crippen molar-refractivity contribution in [2.24, 2.45) is 11.3 Å². The highest BCUT2D eigenvalue weighted by molar-refractivity contribution is 7.86. The summed E-state index contributed by atoms with van der Waals surface area (Å²) in [5.74, 6) is 1.87. The first-order chi connectivity index (χ1) is 24.3. The number of ether oxygens (including phenoxy) is 1. The van der Waals surface area contributed by atoms with Gasteiger partial charge in [0.15, 0.2) is 18.7 Å². The van der Waals surface area contributed by atoms with Crippen LogP contribution in [-0.4, -0.2) is 36.1 Å². The molecule has 5 nitrogen and oxygen atoms in total. The van der Waals surface area contributed by atoms with Crippen molar-refractivity contribution in [1.29, 1.82) is 0 Å². The summed E-state index contributed by atoms with van der Waals surface area (Å²) in [4.78, 5) is -0.157. The van der Waals surface area contributed by atoms with Crippen molar-refractivity contribution in [3.63, 3.8) is 0 Å². The van der Waals surface area contributed by atoms with Gasteiger partial charge in [-0.15, -0.1) is 6.58 Å². The fraction of sp³-hybridized carbons (Fsp3) is 0.279. The van der Waals surface area contributed by atoms with Crippen LogP contribution in [0.4, 0.5) is 0 Å². The van der Waals surface area contributed by atoms with Crippen LogP contribution < -0.4 is 0 Å². The van der Waals surface area contributed by atoms with Crippen molar-refractivity contribution >= 4 is 50.0 Å². The lowest BCUT2D eigenvalue weighted by Gasteiger charge is -2.39. The molecule has 266 valence electrons. The van der Waals surface area contributed by atoms with Crippen LogP contribution in [0.15, 0.2) is 139 Å². The minimum atomic E-state index is -4.38. The monoisotopic (exact) mass is 741 g/mol. The van der Waals surface area contributed by atoms with Gasteiger partial charge in [0.25, 0.3) is 0 Å². The molecule has 4 atom stereocenters. The molecular weight excluding hydrogens is 697 g/mol. The fourth-order valence-electron chi connectivity index (χ4n) is 7.21. The number of hydrogen-bond acceptors (Lipinski definition) is 4. The second-order valence-corrected chi connectivity index (χ2v) is 16.1. The van der Waals surface area contributed by atoms with Crippen LogP contribution >= 0.6 is 23.2 Å². The van der Waals surface area contributed by atoms with Crippen molar-refractivity contribution < 1.29 is 22.3 Å². The lowest BCUT2D eigenvalue weighted by molar-refractivity contribution is -0.616. The summed E-state index contributed by atoms with van der Waals surface area (Å²) in [6.07, 6.45) is 3.88. The lowest BCUT2D eigenvalue weighted by Crippen LogP contribution is -2.46. The van der Waals surface area contributed by atoms with Gasteiger partial charge in [0.1, 0.15) is 10.1 Å². The van der Waals surface area contributed by atoms with E-state index >= 15 is 0 Å². The van der Waals surface area contributed by atoms with Crippen molar-refractivity contribution in [3.8, 4) is 0 Å². The quantitative estimate of drug-likeness (QED) is 0.0987. The molecule has 7 rings (SSSR count). The zero-order chi connectivity index (χ0) is 36.8. The number of benzene rings is 5. The van der Waals surface area contributed by atoms with Crippen LogP contribution in [0.5, 0.6) is 0 Å². The summed E-state index contributed by atoms with van der Waals surface area (Å²) in [6, 6.07) is 38.9. The molecule has 0 bridgehead atoms. The summed E-state index contributed by atoms with van der Waals surface area (Å²) in [5, 5.41) is 2.77. The maximum Gasteiger partial charge on any atom is 0.343 e. The van der Waals surface area contributed by atoms with Crippen molar-refractivity contribution in [1.82, 2.24) is 0 Å². The molecule has 51 heavy (non-hydrogen) atoms. The Morgan fingerprint density at radius 3 is 2.14 bits per heavy atom. The average Bonchev–Trinajstić information content (AvgIpc) is 3.56. The van der Waals surface area contributed by atoms with E-state index in [1.165, 1.54) is 22.8 Å². The SMILES string of the molecule is C=CC[C@@]1(C)CC(c2cccc(Cl)c2)[C@@H](c2ccc(Cl)cc2)[N+]2=C1OC[C@@H]2C(C)C.Cc1ccccc1.O=S(=O)([O-])c1cccc2ccccc12. The molecule has 0 radical (unpaired) electrons. The summed E-state index contributed by atoms with van der Waals surface area (Å²) in [5.41, 5.74) is 3.76. The molecule has 8 heteroatoms. The van der Waals surface area contributed by atoms with E-state index in [4.69, 9.17) is 27.9 Å². The van der Waals surface area contributed by atoms with Crippen LogP contribution in [0.2, 0.25) is 10.0 Å². The molecule has 2 heterocycles. The Balaban J connectivity index is 0.000000196. The smallest absolute Gasteiger partial charge is 0.343 e. The third-order valence-electron chi connectivity index (χ3n) is 9.66. The van der Waals surface area contributed by atoms with E-state index in [-0.39, 0.29) is 22.3 Å². The molecule has 0 saturated heterocycles. The van der Waals surface area contributed by atoms with E-state index in [1.807, 2.05) is 42.5 Å². The number of allylic oxidation sites excluding steroid dienone is 1. The molecule has 0 spiro atoms. The highest BCUT2D eigenvalue weighted by Crippen LogP contribution is 2.51. The number of rotatable bonds is 6. The summed E-state index contributed by atoms with van der Waals surface area (Å²) in [6.45, 7) is 13.7. The molecule has 1 unspecified atom stereocenters. The highest BCUT2D eigenvalue weighted by Gasteiger charge is 2.57. The van der Waals surface area contributed by atoms with E-state index in [2.05, 4.69) is 81.3 Å². The second kappa shape index (κ2) is 16.6. The maximum atomic E-state index is 10.9. The minimum absolute atomic E-state index is 0.0959. The molecule has 2 aliphatic heterocycles. The Labute approximate surface area is 313 Å². The van der Waals surface area contributed by atoms with Gasteiger partial charge in [-0.2, -0.15) is 4.58 Å². The molecule has 2 aliphatic rings. The predicted molar refractivity (Wildman–Crippen MR) is 209 cm³/mol. The van der Waals surface area contributed by atoms with Gasteiger partial charge in [0.2, 0.25) is 0 Å². The molecule has 0 amide bonds. The number of fused-ring (bicyclic) bond motifs is 1. The molecule has 0 aliphatic carbocycles. The highest BCUT2D eigenvalue weighted by atomic mass is 35.5. The fourth-order valence-corrected chi connectivity index (χ4v) is 8.23. The van der Waals surface area contributed by atoms with Crippen molar-refractivity contribution in [3.05, 3.63) is 161 Å². The van der Waals surface area contributed by atoms with Gasteiger partial charge in [0, 0.05) is 21.5 Å². The Morgan fingerprint density at radius 2 is 1.53 bits per heavy atom. The molecule has 5 aromatic rings. The van der Waals surface area contributed by atoms with Crippen LogP contribution in [0.25, 0.3) is 10.8 Å². The van der Waals surface area contributed by atoms with Gasteiger partial charge in [-0.1, -0.05) is 140 Å². The first kappa shape index (κ1) is 38.3. The standard InChI is InChI=1S/C26H30Cl2NO.C10H8O3S.C7H8/c1-5-13-26(4)15-22(19-7-6-8-21(28)14-19)24(18-9-11-20(27)12-10-18)29-23(17(2)3)16-30-25(26)29;11-14(12,13)10-7-3-5-8-4-1-2-6-9(8)10;1-7-5-3-2-4-6-7/h5-12,14,17,22-24H,1,13,15-16H2,2-4H3;1-7H,(H,11,12,13);2-6H,1H3/q+1;;/p-1/t22?,23-,24-,26+;;/m1../s1. The van der Waals surface area contributed by atoms with E-state index in [0.29, 0.717) is 17.3 Å². The van der Waals surface area contributed by atoms with Gasteiger partial charge in [-0.25, -0.2) is 8.42 Å². The molecule has 0 N–H and O–H groups in total. The van der Waals surface area contributed by atoms with Gasteiger partial charge in [0.05, 0.1) is 16.2 Å². The third-order valence-corrected chi connectivity index (χ3v) is 11.0. The Morgan fingerprint density at radius 1 is 0.882 bits per heavy atom. The van der Waals surface area contributed by atoms with E-state index in [9.17, 15) is 13.0 Å². The number of hydrogen-bond donors (Lipinski definition) is 0. The average molecular weight is 743 g/mol. The van der Waals surface area contributed by atoms with Crippen LogP contribution in [0, 0.1) is 18.3 Å². The van der Waals surface area contributed by atoms with Crippen LogP contribution in [-0.2, 0) is 14.9 Å². The maximum absolute atomic E-state index is 10.9. The largest absolute Gasteiger partial charge is 0.744 e. The first-order valence-corrected chi connectivity index (χ1v) is 19.3. The molecular formula is C43H45Cl2NO4S. The topological polar surface area (TPSA) is 69.4 Å². The van der Waals surface area contributed by atoms with Gasteiger partial charge >= 0.3 is 5.90 Å². The minimum Gasteiger partial charge on any atom is -0.744 e. The van der Waals surface area contributed by atoms with Gasteiger partial charge < -0.3 is 9.29 Å². The molecule has 5 aromatic carbocycles. The first-order valence-electron chi connectivity index (χ1n) is 17.2. The Hall–Kier alpha value is -3.94. The summed E-state index contributed by atoms with van der Waals surface area (Å²) >= 11 is 12.7. The number of aryl methyl sites for hydroxylation is 1. The normalized spacial score (nSPS) is 21.1. The van der Waals surface area contributed by atoms with Crippen LogP contribution in [0.1, 0.15) is 62.3 Å². The predicted octanol–water partition coefficient (Wildman–Crippen LogP) is 11.0. The van der Waals surface area contributed by atoms with Crippen molar-refractivity contribution in [2.75, 3.05) is 6.61 Å². The van der Waals surface area contributed by atoms with Crippen molar-refractivity contribution in [2.45, 2.75) is 63.4 Å². The van der Waals surface area contributed by atoms with E-state index in [1.54, 1.807) is 36.4 Å². The Kier molecular flexibility index (Phi) is 12.5. The molecule has 0 fully saturated rings. The molecule has 0 aromatic heterocycles. The Bertz CT molecular complexity index is 2090. The summed E-state index contributed by atoms with van der Waals surface area (Å²) < 4.78 is 41.7. The zero-order valence-electron chi connectivity index (χ0n) is 29.5. The van der Waals surface area contributed by atoms with Gasteiger partial charge in [-0.05, 0) is 73.4 Å². The van der Waals surface area contributed by atoms with E-state index < -0.39 is 10.1 Å². The van der Waals surface area contributed by atoms with Gasteiger partial charge in [-0.3, -0.25) is 0 Å². The molecule has 0 saturated carbocycles. The lowest BCUT2D eigenvalue weighted by atomic mass is 9.69. The third kappa shape index (κ3) is 9.11. The number of halogens is 2. The van der Waals surface area contributed by atoms with E-state index in [0.717, 1.165) is 40.8 Å². The zero-order valence-corrected chi connectivity index (χ0v) is 31.8. The number of nitrogens with zero attached hydrogens (tertiary/aromatic N) is 1. The second-order valence-electron chi connectivity index (χ2n) is 13.8. The summed E-state index contributed by atoms with van der Waals surface area (Å²) in [7, 11) is -4.38.